The molecular weight excluding hydrogens is 252 g/mol. The zero-order valence-corrected chi connectivity index (χ0v) is 13.0. The van der Waals surface area contributed by atoms with Crippen molar-refractivity contribution in [2.24, 2.45) is 11.3 Å². The third-order valence-corrected chi connectivity index (χ3v) is 5.27. The fourth-order valence-corrected chi connectivity index (χ4v) is 3.81. The van der Waals surface area contributed by atoms with Gasteiger partial charge in [0, 0.05) is 12.3 Å². The first-order valence-corrected chi connectivity index (χ1v) is 7.46. The lowest BCUT2D eigenvalue weighted by Gasteiger charge is -2.49. The van der Waals surface area contributed by atoms with Crippen LogP contribution in [-0.2, 0) is 9.53 Å². The van der Waals surface area contributed by atoms with Gasteiger partial charge in [-0.2, -0.15) is 0 Å². The number of aliphatic hydroxyl groups is 1. The molecule has 2 aliphatic rings. The molecule has 2 rings (SSSR count). The summed E-state index contributed by atoms with van der Waals surface area (Å²) >= 11 is 0. The number of hydrogen-bond acceptors (Lipinski definition) is 3. The van der Waals surface area contributed by atoms with E-state index < -0.39 is 0 Å². The second-order valence-corrected chi connectivity index (χ2v) is 6.71. The Bertz CT molecular complexity index is 463. The van der Waals surface area contributed by atoms with E-state index in [1.807, 2.05) is 13.8 Å². The van der Waals surface area contributed by atoms with Crippen LogP contribution in [0.4, 0.5) is 0 Å². The van der Waals surface area contributed by atoms with E-state index in [1.165, 1.54) is 12.5 Å². The number of hydrogen-bond donors (Lipinski definition) is 1. The molecule has 0 aliphatic heterocycles. The van der Waals surface area contributed by atoms with Gasteiger partial charge in [-0.15, -0.1) is 0 Å². The second kappa shape index (κ2) is 5.36. The van der Waals surface area contributed by atoms with E-state index in [1.54, 1.807) is 0 Å². The van der Waals surface area contributed by atoms with Crippen LogP contribution in [0.2, 0.25) is 0 Å². The van der Waals surface area contributed by atoms with Crippen molar-refractivity contribution in [3.8, 4) is 0 Å². The van der Waals surface area contributed by atoms with Crippen LogP contribution in [0.5, 0.6) is 0 Å². The first kappa shape index (κ1) is 15.3. The van der Waals surface area contributed by atoms with Gasteiger partial charge >= 0.3 is 5.97 Å². The number of ether oxygens (including phenoxy) is 1. The summed E-state index contributed by atoms with van der Waals surface area (Å²) in [5.74, 6) is 0.115. The zero-order chi connectivity index (χ0) is 15.1. The molecule has 2 aliphatic carbocycles. The SMILES string of the molecule is C=C(C)[C@H]1CC2=C(C)[C@@H](O)CC[C@]2(C)[C@@H](OC(C)=O)C1. The number of carbonyl (C=O) groups is 1. The van der Waals surface area contributed by atoms with Crippen molar-refractivity contribution >= 4 is 5.97 Å². The van der Waals surface area contributed by atoms with Crippen LogP contribution in [0.3, 0.4) is 0 Å². The van der Waals surface area contributed by atoms with Crippen molar-refractivity contribution in [3.63, 3.8) is 0 Å². The minimum atomic E-state index is -0.347. The molecule has 20 heavy (non-hydrogen) atoms. The van der Waals surface area contributed by atoms with Gasteiger partial charge < -0.3 is 9.84 Å². The molecular formula is C17H26O3. The summed E-state index contributed by atoms with van der Waals surface area (Å²) in [6.07, 6.45) is 2.96. The van der Waals surface area contributed by atoms with Gasteiger partial charge in [-0.3, -0.25) is 4.79 Å². The van der Waals surface area contributed by atoms with Crippen molar-refractivity contribution in [3.05, 3.63) is 23.3 Å². The van der Waals surface area contributed by atoms with Crippen molar-refractivity contribution in [1.29, 1.82) is 0 Å². The number of esters is 1. The third kappa shape index (κ3) is 2.56. The largest absolute Gasteiger partial charge is 0.462 e. The topological polar surface area (TPSA) is 46.5 Å². The molecule has 0 spiro atoms. The Labute approximate surface area is 121 Å². The minimum absolute atomic E-state index is 0.104. The molecule has 0 heterocycles. The van der Waals surface area contributed by atoms with Crippen molar-refractivity contribution in [2.75, 3.05) is 0 Å². The van der Waals surface area contributed by atoms with Crippen LogP contribution in [0.25, 0.3) is 0 Å². The number of fused-ring (bicyclic) bond motifs is 1. The zero-order valence-electron chi connectivity index (χ0n) is 13.0. The molecule has 0 saturated heterocycles. The van der Waals surface area contributed by atoms with Gasteiger partial charge in [0.1, 0.15) is 6.10 Å². The van der Waals surface area contributed by atoms with E-state index in [0.717, 1.165) is 36.8 Å². The highest BCUT2D eigenvalue weighted by atomic mass is 16.5. The Kier molecular flexibility index (Phi) is 4.10. The molecule has 1 fully saturated rings. The van der Waals surface area contributed by atoms with Crippen molar-refractivity contribution < 1.29 is 14.6 Å². The Hall–Kier alpha value is -1.09. The molecule has 4 atom stereocenters. The van der Waals surface area contributed by atoms with Gasteiger partial charge in [-0.05, 0) is 51.0 Å². The molecule has 0 aromatic heterocycles. The average molecular weight is 278 g/mol. The van der Waals surface area contributed by atoms with Crippen LogP contribution in [0.1, 0.15) is 53.4 Å². The Morgan fingerprint density at radius 3 is 2.65 bits per heavy atom. The third-order valence-electron chi connectivity index (χ3n) is 5.27. The molecule has 0 aromatic carbocycles. The van der Waals surface area contributed by atoms with Crippen LogP contribution in [0.15, 0.2) is 23.3 Å². The van der Waals surface area contributed by atoms with Gasteiger partial charge in [0.25, 0.3) is 0 Å². The maximum Gasteiger partial charge on any atom is 0.302 e. The monoisotopic (exact) mass is 278 g/mol. The summed E-state index contributed by atoms with van der Waals surface area (Å²) in [4.78, 5) is 11.4. The van der Waals surface area contributed by atoms with Gasteiger partial charge in [-0.1, -0.05) is 24.6 Å². The molecule has 1 N–H and O–H groups in total. The fraction of sp³-hybridized carbons (Fsp3) is 0.706. The minimum Gasteiger partial charge on any atom is -0.462 e. The Morgan fingerprint density at radius 1 is 1.45 bits per heavy atom. The molecule has 1 saturated carbocycles. The molecule has 3 heteroatoms. The van der Waals surface area contributed by atoms with E-state index >= 15 is 0 Å². The summed E-state index contributed by atoms with van der Waals surface area (Å²) in [7, 11) is 0. The Morgan fingerprint density at radius 2 is 2.10 bits per heavy atom. The molecule has 0 bridgehead atoms. The molecule has 0 unspecified atom stereocenters. The summed E-state index contributed by atoms with van der Waals surface area (Å²) in [5, 5.41) is 10.1. The van der Waals surface area contributed by atoms with Crippen LogP contribution in [-0.4, -0.2) is 23.3 Å². The maximum absolute atomic E-state index is 11.4. The van der Waals surface area contributed by atoms with E-state index in [9.17, 15) is 9.90 Å². The van der Waals surface area contributed by atoms with E-state index in [-0.39, 0.29) is 23.6 Å². The first-order chi connectivity index (χ1) is 9.25. The first-order valence-electron chi connectivity index (χ1n) is 7.46. The lowest BCUT2D eigenvalue weighted by molar-refractivity contribution is -0.155. The number of allylic oxidation sites excluding steroid dienone is 1. The summed E-state index contributed by atoms with van der Waals surface area (Å²) in [6, 6.07) is 0. The summed E-state index contributed by atoms with van der Waals surface area (Å²) < 4.78 is 5.63. The lowest BCUT2D eigenvalue weighted by Crippen LogP contribution is -2.46. The Balaban J connectivity index is 2.42. The number of rotatable bonds is 2. The van der Waals surface area contributed by atoms with E-state index in [4.69, 9.17) is 4.74 Å². The fourth-order valence-electron chi connectivity index (χ4n) is 3.81. The van der Waals surface area contributed by atoms with E-state index in [0.29, 0.717) is 5.92 Å². The molecule has 112 valence electrons. The average Bonchev–Trinajstić information content (AvgIpc) is 2.35. The predicted molar refractivity (Wildman–Crippen MR) is 79.1 cm³/mol. The van der Waals surface area contributed by atoms with Gasteiger partial charge in [0.05, 0.1) is 6.10 Å². The number of carbonyl (C=O) groups excluding carboxylic acids is 1. The second-order valence-electron chi connectivity index (χ2n) is 6.71. The molecule has 0 aromatic rings. The smallest absolute Gasteiger partial charge is 0.302 e. The predicted octanol–water partition coefficient (Wildman–Crippen LogP) is 3.38. The molecule has 3 nitrogen and oxygen atoms in total. The lowest BCUT2D eigenvalue weighted by atomic mass is 9.59. The van der Waals surface area contributed by atoms with Gasteiger partial charge in [0.2, 0.25) is 0 Å². The quantitative estimate of drug-likeness (QED) is 0.622. The van der Waals surface area contributed by atoms with Crippen molar-refractivity contribution in [2.45, 2.75) is 65.6 Å². The summed E-state index contributed by atoms with van der Waals surface area (Å²) in [6.45, 7) is 11.8. The van der Waals surface area contributed by atoms with Crippen LogP contribution >= 0.6 is 0 Å². The van der Waals surface area contributed by atoms with Crippen LogP contribution < -0.4 is 0 Å². The molecule has 0 amide bonds. The van der Waals surface area contributed by atoms with Gasteiger partial charge in [0.15, 0.2) is 0 Å². The maximum atomic E-state index is 11.4. The van der Waals surface area contributed by atoms with Crippen LogP contribution in [0, 0.1) is 11.3 Å². The number of aliphatic hydroxyl groups excluding tert-OH is 1. The highest BCUT2D eigenvalue weighted by Gasteiger charge is 2.48. The van der Waals surface area contributed by atoms with Crippen molar-refractivity contribution in [1.82, 2.24) is 0 Å². The molecule has 0 radical (unpaired) electrons. The van der Waals surface area contributed by atoms with Gasteiger partial charge in [-0.25, -0.2) is 0 Å². The highest BCUT2D eigenvalue weighted by Crippen LogP contribution is 2.53. The normalized spacial score (nSPS) is 37.4. The van der Waals surface area contributed by atoms with E-state index in [2.05, 4.69) is 13.5 Å². The summed E-state index contributed by atoms with van der Waals surface area (Å²) in [5.41, 5.74) is 3.36. The standard InChI is InChI=1S/C17H26O3/c1-10(2)13-8-14-11(3)15(19)6-7-17(14,5)16(9-13)20-12(4)18/h13,15-16,19H,1,6-9H2,2-5H3/t13-,15-,16-,17-/m0/s1. The highest BCUT2D eigenvalue weighted by molar-refractivity contribution is 5.66.